The summed E-state index contributed by atoms with van der Waals surface area (Å²) in [5, 5.41) is 12.5. The molecule has 0 saturated carbocycles. The third-order valence-corrected chi connectivity index (χ3v) is 4.21. The van der Waals surface area contributed by atoms with Gasteiger partial charge < -0.3 is 10.4 Å². The summed E-state index contributed by atoms with van der Waals surface area (Å²) in [5.74, 6) is 0.283. The molecular weight excluding hydrogens is 290 g/mol. The van der Waals surface area contributed by atoms with Gasteiger partial charge in [0.2, 0.25) is 0 Å². The number of phenolic OH excluding ortho intramolecular Hbond substituents is 1. The summed E-state index contributed by atoms with van der Waals surface area (Å²) in [7, 11) is 0. The Morgan fingerprint density at radius 2 is 1.36 bits per heavy atom. The minimum absolute atomic E-state index is 0.283. The predicted molar refractivity (Wildman–Crippen MR) is 101 cm³/mol. The van der Waals surface area contributed by atoms with Crippen molar-refractivity contribution in [2.75, 3.05) is 5.32 Å². The molecule has 0 amide bonds. The van der Waals surface area contributed by atoms with Gasteiger partial charge in [-0.15, -0.1) is 0 Å². The van der Waals surface area contributed by atoms with Crippen LogP contribution in [0.2, 0.25) is 0 Å². The monoisotopic (exact) mass is 321 g/mol. The molecule has 0 unspecified atom stereocenters. The van der Waals surface area contributed by atoms with Gasteiger partial charge in [0.1, 0.15) is 5.75 Å². The number of rotatable bonds is 12. The van der Waals surface area contributed by atoms with Crippen molar-refractivity contribution in [3.63, 3.8) is 0 Å². The minimum atomic E-state index is 0.283. The van der Waals surface area contributed by atoms with Crippen molar-refractivity contribution in [2.45, 2.75) is 77.6 Å². The van der Waals surface area contributed by atoms with Gasteiger partial charge in [-0.3, -0.25) is 0 Å². The van der Waals surface area contributed by atoms with E-state index >= 15 is 0 Å². The molecule has 2 nitrogen and oxygen atoms in total. The first-order valence-electron chi connectivity index (χ1n) is 8.81. The van der Waals surface area contributed by atoms with Gasteiger partial charge in [0.15, 0.2) is 0 Å². The Morgan fingerprint density at radius 1 is 0.864 bits per heavy atom. The van der Waals surface area contributed by atoms with E-state index in [2.05, 4.69) is 12.2 Å². The van der Waals surface area contributed by atoms with Crippen LogP contribution in [0.25, 0.3) is 0 Å². The van der Waals surface area contributed by atoms with Gasteiger partial charge in [0.25, 0.3) is 0 Å². The molecular formula is C19H31NOS. The van der Waals surface area contributed by atoms with Crippen molar-refractivity contribution in [1.82, 2.24) is 0 Å². The third-order valence-electron chi connectivity index (χ3n) is 3.91. The van der Waals surface area contributed by atoms with Crippen LogP contribution in [0.4, 0.5) is 5.69 Å². The van der Waals surface area contributed by atoms with Gasteiger partial charge in [-0.05, 0) is 37.1 Å². The van der Waals surface area contributed by atoms with E-state index in [9.17, 15) is 5.11 Å². The molecule has 0 aromatic heterocycles. The highest BCUT2D eigenvalue weighted by atomic mass is 32.1. The molecule has 0 saturated heterocycles. The summed E-state index contributed by atoms with van der Waals surface area (Å²) < 4.78 is 0. The molecule has 0 fully saturated rings. The zero-order valence-corrected chi connectivity index (χ0v) is 14.8. The SMILES string of the molecule is CCCCCCCCCCCCC(=S)Nc1ccc(O)cc1. The summed E-state index contributed by atoms with van der Waals surface area (Å²) in [6, 6.07) is 7.04. The van der Waals surface area contributed by atoms with Crippen molar-refractivity contribution in [2.24, 2.45) is 0 Å². The number of anilines is 1. The summed E-state index contributed by atoms with van der Waals surface area (Å²) in [6.45, 7) is 2.26. The van der Waals surface area contributed by atoms with E-state index in [1.165, 1.54) is 64.2 Å². The van der Waals surface area contributed by atoms with E-state index in [4.69, 9.17) is 12.2 Å². The summed E-state index contributed by atoms with van der Waals surface area (Å²) >= 11 is 5.36. The highest BCUT2D eigenvalue weighted by Gasteiger charge is 1.99. The minimum Gasteiger partial charge on any atom is -0.508 e. The lowest BCUT2D eigenvalue weighted by Crippen LogP contribution is -2.08. The molecule has 0 spiro atoms. The third kappa shape index (κ3) is 9.78. The van der Waals surface area contributed by atoms with E-state index in [-0.39, 0.29) is 5.75 Å². The van der Waals surface area contributed by atoms with Crippen LogP contribution < -0.4 is 5.32 Å². The zero-order valence-electron chi connectivity index (χ0n) is 13.9. The van der Waals surface area contributed by atoms with Gasteiger partial charge in [-0.2, -0.15) is 0 Å². The molecule has 0 heterocycles. The molecule has 1 aromatic carbocycles. The lowest BCUT2D eigenvalue weighted by molar-refractivity contribution is 0.475. The molecule has 2 N–H and O–H groups in total. The number of thiocarbonyl (C=S) groups is 1. The van der Waals surface area contributed by atoms with Crippen molar-refractivity contribution >= 4 is 22.9 Å². The van der Waals surface area contributed by atoms with Crippen LogP contribution in [0, 0.1) is 0 Å². The van der Waals surface area contributed by atoms with E-state index in [0.29, 0.717) is 0 Å². The number of unbranched alkanes of at least 4 members (excludes halogenated alkanes) is 9. The van der Waals surface area contributed by atoms with Gasteiger partial charge in [-0.1, -0.05) is 76.9 Å². The normalized spacial score (nSPS) is 10.6. The van der Waals surface area contributed by atoms with Crippen LogP contribution in [-0.2, 0) is 0 Å². The molecule has 0 radical (unpaired) electrons. The van der Waals surface area contributed by atoms with Crippen LogP contribution in [-0.4, -0.2) is 10.1 Å². The van der Waals surface area contributed by atoms with Crippen LogP contribution in [0.1, 0.15) is 77.6 Å². The van der Waals surface area contributed by atoms with Crippen LogP contribution in [0.15, 0.2) is 24.3 Å². The highest BCUT2D eigenvalue weighted by Crippen LogP contribution is 2.15. The van der Waals surface area contributed by atoms with Gasteiger partial charge in [0.05, 0.1) is 4.99 Å². The first kappa shape index (κ1) is 19.0. The second-order valence-electron chi connectivity index (χ2n) is 6.03. The highest BCUT2D eigenvalue weighted by molar-refractivity contribution is 7.80. The largest absolute Gasteiger partial charge is 0.508 e. The van der Waals surface area contributed by atoms with Crippen molar-refractivity contribution < 1.29 is 5.11 Å². The smallest absolute Gasteiger partial charge is 0.115 e. The molecule has 0 bridgehead atoms. The van der Waals surface area contributed by atoms with Gasteiger partial charge in [-0.25, -0.2) is 0 Å². The summed E-state index contributed by atoms with van der Waals surface area (Å²) in [4.78, 5) is 0.894. The van der Waals surface area contributed by atoms with Crippen LogP contribution in [0.3, 0.4) is 0 Å². The average molecular weight is 322 g/mol. The quantitative estimate of drug-likeness (QED) is 0.264. The molecule has 124 valence electrons. The summed E-state index contributed by atoms with van der Waals surface area (Å²) in [5.41, 5.74) is 0.954. The Hall–Kier alpha value is -1.09. The van der Waals surface area contributed by atoms with Gasteiger partial charge >= 0.3 is 0 Å². The van der Waals surface area contributed by atoms with Crippen molar-refractivity contribution in [1.29, 1.82) is 0 Å². The van der Waals surface area contributed by atoms with Gasteiger partial charge in [0, 0.05) is 5.69 Å². The number of phenols is 1. The molecule has 1 aromatic rings. The fourth-order valence-corrected chi connectivity index (χ4v) is 2.80. The first-order valence-corrected chi connectivity index (χ1v) is 9.22. The molecule has 1 rings (SSSR count). The summed E-state index contributed by atoms with van der Waals surface area (Å²) in [6.07, 6.45) is 14.4. The second-order valence-corrected chi connectivity index (χ2v) is 6.52. The van der Waals surface area contributed by atoms with Crippen molar-refractivity contribution in [3.8, 4) is 5.75 Å². The molecule has 0 aliphatic rings. The molecule has 22 heavy (non-hydrogen) atoms. The fourth-order valence-electron chi connectivity index (χ4n) is 2.54. The Labute approximate surface area is 141 Å². The number of hydrogen-bond donors (Lipinski definition) is 2. The van der Waals surface area contributed by atoms with Crippen molar-refractivity contribution in [3.05, 3.63) is 24.3 Å². The molecule has 0 aliphatic heterocycles. The molecule has 0 atom stereocenters. The maximum atomic E-state index is 9.23. The molecule has 0 aliphatic carbocycles. The Bertz CT molecular complexity index is 402. The Balaban J connectivity index is 1.93. The van der Waals surface area contributed by atoms with E-state index in [1.54, 1.807) is 12.1 Å². The number of benzene rings is 1. The topological polar surface area (TPSA) is 32.3 Å². The lowest BCUT2D eigenvalue weighted by atomic mass is 10.1. The number of nitrogens with one attached hydrogen (secondary N) is 1. The lowest BCUT2D eigenvalue weighted by Gasteiger charge is -2.08. The second kappa shape index (κ2) is 12.5. The van der Waals surface area contributed by atoms with Crippen LogP contribution >= 0.6 is 12.2 Å². The zero-order chi connectivity index (χ0) is 16.0. The maximum absolute atomic E-state index is 9.23. The first-order chi connectivity index (χ1) is 10.7. The average Bonchev–Trinajstić information content (AvgIpc) is 2.51. The fraction of sp³-hybridized carbons (Fsp3) is 0.632. The maximum Gasteiger partial charge on any atom is 0.115 e. The van der Waals surface area contributed by atoms with E-state index in [0.717, 1.165) is 17.1 Å². The molecule has 3 heteroatoms. The predicted octanol–water partition coefficient (Wildman–Crippen LogP) is 6.44. The Morgan fingerprint density at radius 3 is 1.91 bits per heavy atom. The van der Waals surface area contributed by atoms with E-state index in [1.807, 2.05) is 12.1 Å². The van der Waals surface area contributed by atoms with Crippen LogP contribution in [0.5, 0.6) is 5.75 Å². The Kier molecular flexibility index (Phi) is 10.7. The number of hydrogen-bond acceptors (Lipinski definition) is 2. The number of aromatic hydroxyl groups is 1. The van der Waals surface area contributed by atoms with E-state index < -0.39 is 0 Å². The standard InChI is InChI=1S/C19H31NOS/c1-2-3-4-5-6-7-8-9-10-11-12-19(22)20-17-13-15-18(21)16-14-17/h13-16,21H,2-12H2,1H3,(H,20,22).